The van der Waals surface area contributed by atoms with Crippen LogP contribution in [0.3, 0.4) is 0 Å². The lowest BCUT2D eigenvalue weighted by Crippen LogP contribution is -2.44. The summed E-state index contributed by atoms with van der Waals surface area (Å²) in [5.74, 6) is -0.274. The minimum Gasteiger partial charge on any atom is -0.459 e. The van der Waals surface area contributed by atoms with Crippen LogP contribution in [-0.2, 0) is 10.2 Å². The van der Waals surface area contributed by atoms with Gasteiger partial charge in [0.05, 0.1) is 16.1 Å². The molecule has 6 nitrogen and oxygen atoms in total. The number of carbonyl (C=O) groups excluding carboxylic acids is 2. The van der Waals surface area contributed by atoms with Crippen molar-refractivity contribution in [3.63, 3.8) is 0 Å². The van der Waals surface area contributed by atoms with Gasteiger partial charge in [0, 0.05) is 30.2 Å². The summed E-state index contributed by atoms with van der Waals surface area (Å²) in [6.45, 7) is 3.67. The number of thiophene rings is 1. The van der Waals surface area contributed by atoms with E-state index in [4.69, 9.17) is 20.8 Å². The van der Waals surface area contributed by atoms with Gasteiger partial charge in [-0.1, -0.05) is 23.7 Å². The Hall–Kier alpha value is -2.61. The quantitative estimate of drug-likeness (QED) is 0.542. The lowest BCUT2D eigenvalue weighted by Gasteiger charge is -2.38. The molecular weight excluding hydrogens is 436 g/mol. The van der Waals surface area contributed by atoms with E-state index in [0.29, 0.717) is 34.7 Å². The van der Waals surface area contributed by atoms with E-state index in [1.54, 1.807) is 18.2 Å². The van der Waals surface area contributed by atoms with Gasteiger partial charge in [-0.25, -0.2) is 0 Å². The van der Waals surface area contributed by atoms with Gasteiger partial charge in [-0.3, -0.25) is 9.59 Å². The molecule has 0 spiro atoms. The average molecular weight is 459 g/mol. The predicted molar refractivity (Wildman–Crippen MR) is 121 cm³/mol. The summed E-state index contributed by atoms with van der Waals surface area (Å²) in [7, 11) is 0. The van der Waals surface area contributed by atoms with Gasteiger partial charge in [-0.05, 0) is 61.2 Å². The van der Waals surface area contributed by atoms with E-state index >= 15 is 0 Å². The van der Waals surface area contributed by atoms with E-state index in [2.05, 4.69) is 10.6 Å². The summed E-state index contributed by atoms with van der Waals surface area (Å²) in [6, 6.07) is 12.9. The molecule has 31 heavy (non-hydrogen) atoms. The van der Waals surface area contributed by atoms with Crippen molar-refractivity contribution in [1.82, 2.24) is 5.32 Å². The highest BCUT2D eigenvalue weighted by Gasteiger charge is 2.35. The van der Waals surface area contributed by atoms with E-state index in [9.17, 15) is 9.59 Å². The van der Waals surface area contributed by atoms with E-state index in [0.717, 1.165) is 24.0 Å². The second kappa shape index (κ2) is 9.26. The maximum Gasteiger partial charge on any atom is 0.291 e. The van der Waals surface area contributed by atoms with Crippen LogP contribution >= 0.6 is 22.9 Å². The maximum atomic E-state index is 13.0. The topological polar surface area (TPSA) is 80.6 Å². The number of ether oxygens (including phenoxy) is 1. The van der Waals surface area contributed by atoms with Gasteiger partial charge in [0.1, 0.15) is 0 Å². The fourth-order valence-electron chi connectivity index (χ4n) is 3.81. The monoisotopic (exact) mass is 458 g/mol. The normalized spacial score (nSPS) is 15.4. The molecule has 2 amide bonds. The molecule has 0 atom stereocenters. The number of hydrogen-bond acceptors (Lipinski definition) is 5. The molecule has 2 N–H and O–H groups in total. The number of aryl methyl sites for hydroxylation is 1. The Bertz CT molecular complexity index is 1050. The molecule has 0 bridgehead atoms. The molecule has 4 rings (SSSR count). The second-order valence-electron chi connectivity index (χ2n) is 7.64. The standard InChI is InChI=1S/C23H23ClN2O4S/c1-15-13-19(26-21(27)18-3-2-10-30-18)31-20(15)22(28)25-14-23(8-11-29-12-9-23)16-4-6-17(24)7-5-16/h2-7,10,13H,8-9,11-12,14H2,1H3,(H,25,28)(H,26,27). The van der Waals surface area contributed by atoms with Crippen LogP contribution in [0.5, 0.6) is 0 Å². The third kappa shape index (κ3) is 4.84. The van der Waals surface area contributed by atoms with Crippen LogP contribution in [0, 0.1) is 6.92 Å². The van der Waals surface area contributed by atoms with Gasteiger partial charge in [0.25, 0.3) is 11.8 Å². The van der Waals surface area contributed by atoms with Gasteiger partial charge in [0.2, 0.25) is 0 Å². The van der Waals surface area contributed by atoms with Crippen molar-refractivity contribution >= 4 is 39.8 Å². The smallest absolute Gasteiger partial charge is 0.291 e. The van der Waals surface area contributed by atoms with Crippen LogP contribution in [-0.4, -0.2) is 31.6 Å². The van der Waals surface area contributed by atoms with Gasteiger partial charge in [0.15, 0.2) is 5.76 Å². The van der Waals surface area contributed by atoms with Gasteiger partial charge < -0.3 is 19.8 Å². The highest BCUT2D eigenvalue weighted by atomic mass is 35.5. The summed E-state index contributed by atoms with van der Waals surface area (Å²) in [4.78, 5) is 25.8. The van der Waals surface area contributed by atoms with Crippen LogP contribution in [0.15, 0.2) is 53.1 Å². The Kier molecular flexibility index (Phi) is 6.46. The van der Waals surface area contributed by atoms with E-state index in [1.165, 1.54) is 17.6 Å². The first-order valence-corrected chi connectivity index (χ1v) is 11.2. The molecule has 1 aromatic carbocycles. The summed E-state index contributed by atoms with van der Waals surface area (Å²) >= 11 is 7.31. The van der Waals surface area contributed by atoms with E-state index < -0.39 is 0 Å². The van der Waals surface area contributed by atoms with Crippen molar-refractivity contribution in [2.75, 3.05) is 25.1 Å². The SMILES string of the molecule is Cc1cc(NC(=O)c2ccco2)sc1C(=O)NCC1(c2ccc(Cl)cc2)CCOCC1. The highest BCUT2D eigenvalue weighted by molar-refractivity contribution is 7.18. The first-order chi connectivity index (χ1) is 15.0. The van der Waals surface area contributed by atoms with Crippen molar-refractivity contribution in [2.45, 2.75) is 25.2 Å². The minimum atomic E-state index is -0.345. The number of amides is 2. The number of hydrogen-bond donors (Lipinski definition) is 2. The largest absolute Gasteiger partial charge is 0.459 e. The second-order valence-corrected chi connectivity index (χ2v) is 9.13. The van der Waals surface area contributed by atoms with Crippen LogP contribution in [0.2, 0.25) is 5.02 Å². The Morgan fingerprint density at radius 3 is 2.55 bits per heavy atom. The molecule has 3 heterocycles. The molecule has 0 aliphatic carbocycles. The van der Waals surface area contributed by atoms with Crippen LogP contribution in [0.4, 0.5) is 5.00 Å². The number of benzene rings is 1. The molecule has 1 aliphatic heterocycles. The maximum absolute atomic E-state index is 13.0. The summed E-state index contributed by atoms with van der Waals surface area (Å²) in [5, 5.41) is 7.18. The summed E-state index contributed by atoms with van der Waals surface area (Å²) in [5.41, 5.74) is 1.76. The van der Waals surface area contributed by atoms with Crippen molar-refractivity contribution in [1.29, 1.82) is 0 Å². The number of halogens is 1. The molecule has 1 fully saturated rings. The van der Waals surface area contributed by atoms with E-state index in [1.807, 2.05) is 31.2 Å². The van der Waals surface area contributed by atoms with Gasteiger partial charge in [-0.2, -0.15) is 0 Å². The highest BCUT2D eigenvalue weighted by Crippen LogP contribution is 2.35. The average Bonchev–Trinajstić information content (AvgIpc) is 3.43. The van der Waals surface area contributed by atoms with Gasteiger partial charge in [-0.15, -0.1) is 11.3 Å². The summed E-state index contributed by atoms with van der Waals surface area (Å²) in [6.07, 6.45) is 3.09. The molecule has 0 saturated carbocycles. The molecular formula is C23H23ClN2O4S. The van der Waals surface area contributed by atoms with Crippen LogP contribution < -0.4 is 10.6 Å². The lowest BCUT2D eigenvalue weighted by atomic mass is 9.74. The van der Waals surface area contributed by atoms with Crippen LogP contribution in [0.25, 0.3) is 0 Å². The Morgan fingerprint density at radius 1 is 1.13 bits per heavy atom. The Labute approximate surface area is 189 Å². The molecule has 8 heteroatoms. The first-order valence-electron chi connectivity index (χ1n) is 10.0. The molecule has 0 radical (unpaired) electrons. The fourth-order valence-corrected chi connectivity index (χ4v) is 4.92. The molecule has 162 valence electrons. The Morgan fingerprint density at radius 2 is 1.87 bits per heavy atom. The predicted octanol–water partition coefficient (Wildman–Crippen LogP) is 5.03. The van der Waals surface area contributed by atoms with Crippen molar-refractivity contribution in [3.05, 3.63) is 75.5 Å². The third-order valence-corrected chi connectivity index (χ3v) is 7.00. The van der Waals surface area contributed by atoms with E-state index in [-0.39, 0.29) is 23.0 Å². The number of rotatable bonds is 6. The molecule has 1 saturated heterocycles. The zero-order chi connectivity index (χ0) is 21.8. The van der Waals surface area contributed by atoms with Crippen LogP contribution in [0.1, 0.15) is 44.2 Å². The molecule has 2 aromatic heterocycles. The van der Waals surface area contributed by atoms with Crippen molar-refractivity contribution in [2.24, 2.45) is 0 Å². The number of anilines is 1. The molecule has 1 aliphatic rings. The zero-order valence-electron chi connectivity index (χ0n) is 17.1. The number of carbonyl (C=O) groups is 2. The van der Waals surface area contributed by atoms with Crippen molar-refractivity contribution < 1.29 is 18.7 Å². The molecule has 3 aromatic rings. The lowest BCUT2D eigenvalue weighted by molar-refractivity contribution is 0.0487. The molecule has 0 unspecified atom stereocenters. The Balaban J connectivity index is 1.46. The number of nitrogens with one attached hydrogen (secondary N) is 2. The first kappa shape index (κ1) is 21.6. The fraction of sp³-hybridized carbons (Fsp3) is 0.304. The van der Waals surface area contributed by atoms with Crippen molar-refractivity contribution in [3.8, 4) is 0 Å². The minimum absolute atomic E-state index is 0.152. The summed E-state index contributed by atoms with van der Waals surface area (Å²) < 4.78 is 10.7. The number of furan rings is 1. The zero-order valence-corrected chi connectivity index (χ0v) is 18.6. The van der Waals surface area contributed by atoms with Gasteiger partial charge >= 0.3 is 0 Å². The third-order valence-electron chi connectivity index (χ3n) is 5.60.